The number of halogens is 1. The van der Waals surface area contributed by atoms with E-state index in [0.717, 1.165) is 30.8 Å². The van der Waals surface area contributed by atoms with Crippen LogP contribution in [0.5, 0.6) is 5.75 Å². The fourth-order valence-corrected chi connectivity index (χ4v) is 3.63. The second kappa shape index (κ2) is 7.55. The summed E-state index contributed by atoms with van der Waals surface area (Å²) in [4.78, 5) is 18.8. The molecule has 0 saturated carbocycles. The van der Waals surface area contributed by atoms with Crippen LogP contribution in [0.15, 0.2) is 35.8 Å². The molecule has 2 heterocycles. The average Bonchev–Trinajstić information content (AvgIpc) is 3.09. The number of hydrogen-bond acceptors (Lipinski definition) is 4. The summed E-state index contributed by atoms with van der Waals surface area (Å²) in [5.74, 6) is 0.183. The van der Waals surface area contributed by atoms with E-state index in [4.69, 9.17) is 4.74 Å². The highest BCUT2D eigenvalue weighted by Crippen LogP contribution is 2.32. The third-order valence-electron chi connectivity index (χ3n) is 3.94. The molecular weight excluding hydrogens is 315 g/mol. The summed E-state index contributed by atoms with van der Waals surface area (Å²) in [6.07, 6.45) is 5.18. The molecule has 4 nitrogen and oxygen atoms in total. The molecule has 0 spiro atoms. The fraction of sp³-hybridized carbons (Fsp3) is 0.412. The molecule has 1 atom stereocenters. The van der Waals surface area contributed by atoms with E-state index in [-0.39, 0.29) is 24.4 Å². The Bertz CT molecular complexity index is 648. The molecule has 0 radical (unpaired) electrons. The van der Waals surface area contributed by atoms with E-state index >= 15 is 0 Å². The lowest BCUT2D eigenvalue weighted by molar-refractivity contribution is -0.135. The first-order valence-corrected chi connectivity index (χ1v) is 8.69. The van der Waals surface area contributed by atoms with Crippen molar-refractivity contribution < 1.29 is 13.9 Å². The summed E-state index contributed by atoms with van der Waals surface area (Å²) < 4.78 is 18.6. The van der Waals surface area contributed by atoms with Crippen molar-refractivity contribution in [2.24, 2.45) is 0 Å². The third kappa shape index (κ3) is 4.07. The highest BCUT2D eigenvalue weighted by Gasteiger charge is 2.29. The lowest BCUT2D eigenvalue weighted by atomic mass is 10.0. The van der Waals surface area contributed by atoms with Crippen LogP contribution in [-0.4, -0.2) is 28.9 Å². The number of rotatable bonds is 5. The number of ether oxygens (including phenoxy) is 1. The van der Waals surface area contributed by atoms with Gasteiger partial charge in [0.25, 0.3) is 0 Å². The molecule has 1 aliphatic rings. The zero-order valence-corrected chi connectivity index (χ0v) is 13.6. The Labute approximate surface area is 138 Å². The molecule has 0 N–H and O–H groups in total. The molecule has 1 unspecified atom stereocenters. The Morgan fingerprint density at radius 2 is 2.35 bits per heavy atom. The predicted molar refractivity (Wildman–Crippen MR) is 86.9 cm³/mol. The summed E-state index contributed by atoms with van der Waals surface area (Å²) in [6.45, 7) is 1.02. The van der Waals surface area contributed by atoms with Crippen LogP contribution < -0.4 is 4.74 Å². The maximum atomic E-state index is 13.1. The van der Waals surface area contributed by atoms with Gasteiger partial charge in [-0.05, 0) is 31.4 Å². The second-order valence-electron chi connectivity index (χ2n) is 5.52. The van der Waals surface area contributed by atoms with Crippen LogP contribution in [0.25, 0.3) is 0 Å². The lowest BCUT2D eigenvalue weighted by Gasteiger charge is -2.34. The van der Waals surface area contributed by atoms with E-state index in [1.54, 1.807) is 29.7 Å². The molecule has 23 heavy (non-hydrogen) atoms. The molecule has 1 fully saturated rings. The summed E-state index contributed by atoms with van der Waals surface area (Å²) in [5.41, 5.74) is 0. The minimum Gasteiger partial charge on any atom is -0.493 e. The van der Waals surface area contributed by atoms with Gasteiger partial charge in [-0.15, -0.1) is 11.3 Å². The number of hydrogen-bond donors (Lipinski definition) is 0. The zero-order chi connectivity index (χ0) is 16.1. The lowest BCUT2D eigenvalue weighted by Crippen LogP contribution is -2.39. The van der Waals surface area contributed by atoms with Gasteiger partial charge in [-0.3, -0.25) is 4.79 Å². The van der Waals surface area contributed by atoms with Gasteiger partial charge < -0.3 is 9.64 Å². The highest BCUT2D eigenvalue weighted by atomic mass is 32.1. The van der Waals surface area contributed by atoms with Crippen LogP contribution in [0.2, 0.25) is 0 Å². The molecule has 1 saturated heterocycles. The number of carbonyl (C=O) groups excluding carboxylic acids is 1. The van der Waals surface area contributed by atoms with Gasteiger partial charge in [-0.2, -0.15) is 0 Å². The van der Waals surface area contributed by atoms with Gasteiger partial charge in [0, 0.05) is 24.2 Å². The Morgan fingerprint density at radius 3 is 3.13 bits per heavy atom. The molecule has 1 amide bonds. The number of aromatic nitrogens is 1. The van der Waals surface area contributed by atoms with Gasteiger partial charge in [0.05, 0.1) is 19.1 Å². The topological polar surface area (TPSA) is 42.4 Å². The van der Waals surface area contributed by atoms with Crippen LogP contribution in [-0.2, 0) is 4.79 Å². The smallest absolute Gasteiger partial charge is 0.226 e. The largest absolute Gasteiger partial charge is 0.493 e. The van der Waals surface area contributed by atoms with Crippen molar-refractivity contribution in [1.29, 1.82) is 0 Å². The van der Waals surface area contributed by atoms with Crippen LogP contribution in [0.1, 0.15) is 36.7 Å². The van der Waals surface area contributed by atoms with E-state index in [2.05, 4.69) is 4.98 Å². The monoisotopic (exact) mass is 334 g/mol. The minimum atomic E-state index is -0.339. The van der Waals surface area contributed by atoms with Gasteiger partial charge in [-0.25, -0.2) is 9.37 Å². The van der Waals surface area contributed by atoms with Crippen LogP contribution >= 0.6 is 11.3 Å². The summed E-state index contributed by atoms with van der Waals surface area (Å²) in [5, 5.41) is 2.95. The van der Waals surface area contributed by atoms with E-state index in [0.29, 0.717) is 12.2 Å². The van der Waals surface area contributed by atoms with Gasteiger partial charge in [0.15, 0.2) is 0 Å². The number of likely N-dealkylation sites (tertiary alicyclic amines) is 1. The zero-order valence-electron chi connectivity index (χ0n) is 12.8. The van der Waals surface area contributed by atoms with Gasteiger partial charge in [0.2, 0.25) is 5.91 Å². The van der Waals surface area contributed by atoms with Crippen molar-refractivity contribution >= 4 is 17.2 Å². The SMILES string of the molecule is O=C(CCOc1cccc(F)c1)N1CCCCC1c1nccs1. The number of amides is 1. The number of nitrogens with zero attached hydrogens (tertiary/aromatic N) is 2. The van der Waals surface area contributed by atoms with Crippen molar-refractivity contribution in [2.75, 3.05) is 13.2 Å². The molecule has 0 aliphatic carbocycles. The van der Waals surface area contributed by atoms with Crippen molar-refractivity contribution in [2.45, 2.75) is 31.7 Å². The first kappa shape index (κ1) is 15.9. The predicted octanol–water partition coefficient (Wildman–Crippen LogP) is 3.80. The van der Waals surface area contributed by atoms with Crippen molar-refractivity contribution in [3.8, 4) is 5.75 Å². The maximum Gasteiger partial charge on any atom is 0.226 e. The summed E-state index contributed by atoms with van der Waals surface area (Å²) in [7, 11) is 0. The normalized spacial score (nSPS) is 18.0. The number of benzene rings is 1. The quantitative estimate of drug-likeness (QED) is 0.835. The van der Waals surface area contributed by atoms with Crippen LogP contribution in [0.3, 0.4) is 0 Å². The molecule has 3 rings (SSSR count). The maximum absolute atomic E-state index is 13.1. The standard InChI is InChI=1S/C17H19FN2O2S/c18-13-4-3-5-14(12-13)22-10-7-16(21)20-9-2-1-6-15(20)17-19-8-11-23-17/h3-5,8,11-12,15H,1-2,6-7,9-10H2. The van der Waals surface area contributed by atoms with Gasteiger partial charge in [-0.1, -0.05) is 6.07 Å². The second-order valence-corrected chi connectivity index (χ2v) is 6.45. The molecule has 2 aromatic rings. The van der Waals surface area contributed by atoms with Crippen molar-refractivity contribution in [1.82, 2.24) is 9.88 Å². The average molecular weight is 334 g/mol. The first-order valence-electron chi connectivity index (χ1n) is 7.81. The summed E-state index contributed by atoms with van der Waals surface area (Å²) >= 11 is 1.59. The number of thiazole rings is 1. The Morgan fingerprint density at radius 1 is 1.43 bits per heavy atom. The highest BCUT2D eigenvalue weighted by molar-refractivity contribution is 7.09. The van der Waals surface area contributed by atoms with E-state index < -0.39 is 0 Å². The molecule has 6 heteroatoms. The Hall–Kier alpha value is -1.95. The van der Waals surface area contributed by atoms with Crippen molar-refractivity contribution in [3.05, 3.63) is 46.7 Å². The molecule has 122 valence electrons. The van der Waals surface area contributed by atoms with E-state index in [9.17, 15) is 9.18 Å². The minimum absolute atomic E-state index is 0.0707. The van der Waals surface area contributed by atoms with Crippen LogP contribution in [0, 0.1) is 5.82 Å². The van der Waals surface area contributed by atoms with Gasteiger partial charge in [0.1, 0.15) is 16.6 Å². The molecule has 1 aromatic carbocycles. The molecule has 0 bridgehead atoms. The molecule has 1 aliphatic heterocycles. The Balaban J connectivity index is 1.56. The summed E-state index contributed by atoms with van der Waals surface area (Å²) in [6, 6.07) is 6.06. The van der Waals surface area contributed by atoms with E-state index in [1.165, 1.54) is 12.1 Å². The van der Waals surface area contributed by atoms with Gasteiger partial charge >= 0.3 is 0 Å². The van der Waals surface area contributed by atoms with Crippen molar-refractivity contribution in [3.63, 3.8) is 0 Å². The van der Waals surface area contributed by atoms with E-state index in [1.807, 2.05) is 10.3 Å². The number of piperidine rings is 1. The van der Waals surface area contributed by atoms with Crippen LogP contribution in [0.4, 0.5) is 4.39 Å². The Kier molecular flexibility index (Phi) is 5.23. The molecular formula is C17H19FN2O2S. The number of carbonyl (C=O) groups is 1. The molecule has 1 aromatic heterocycles. The third-order valence-corrected chi connectivity index (χ3v) is 4.82. The first-order chi connectivity index (χ1) is 11.2. The fourth-order valence-electron chi connectivity index (χ4n) is 2.84.